The van der Waals surface area contributed by atoms with E-state index >= 15 is 0 Å². The van der Waals surface area contributed by atoms with Crippen LogP contribution in [0.1, 0.15) is 54.4 Å². The van der Waals surface area contributed by atoms with Crippen molar-refractivity contribution in [2.24, 2.45) is 0 Å². The highest BCUT2D eigenvalue weighted by molar-refractivity contribution is 5.96. The summed E-state index contributed by atoms with van der Waals surface area (Å²) in [5, 5.41) is 14.7. The molecule has 2 fully saturated rings. The maximum absolute atomic E-state index is 14.8. The molecule has 4 atom stereocenters. The molecule has 1 saturated carbocycles. The van der Waals surface area contributed by atoms with Crippen LogP contribution in [0, 0.1) is 0 Å². The number of aromatic nitrogens is 5. The zero-order valence-corrected chi connectivity index (χ0v) is 25.1. The van der Waals surface area contributed by atoms with Crippen LogP contribution in [0.3, 0.4) is 0 Å². The van der Waals surface area contributed by atoms with E-state index in [1.54, 1.807) is 42.3 Å². The average molecular weight is 633 g/mol. The van der Waals surface area contributed by atoms with Gasteiger partial charge in [-0.05, 0) is 44.5 Å². The normalized spacial score (nSPS) is 23.0. The monoisotopic (exact) mass is 632 g/mol. The number of rotatable bonds is 9. The van der Waals surface area contributed by atoms with E-state index < -0.39 is 30.8 Å². The molecule has 4 heterocycles. The van der Waals surface area contributed by atoms with Gasteiger partial charge in [-0.25, -0.2) is 4.39 Å². The van der Waals surface area contributed by atoms with Gasteiger partial charge in [-0.1, -0.05) is 24.1 Å². The molecule has 0 radical (unpaired) electrons. The molecule has 2 N–H and O–H groups in total. The first-order valence-electron chi connectivity index (χ1n) is 15.1. The van der Waals surface area contributed by atoms with Gasteiger partial charge in [0.15, 0.2) is 0 Å². The summed E-state index contributed by atoms with van der Waals surface area (Å²) in [4.78, 5) is 19.1. The van der Waals surface area contributed by atoms with Crippen LogP contribution < -0.4 is 10.6 Å². The van der Waals surface area contributed by atoms with E-state index in [1.165, 1.54) is 6.20 Å². The molecular weight excluding hydrogens is 596 g/mol. The van der Waals surface area contributed by atoms with Gasteiger partial charge in [0, 0.05) is 37.5 Å². The number of carbonyl (C=O) groups excluding carboxylic acids is 1. The lowest BCUT2D eigenvalue weighted by atomic mass is 9.92. The van der Waals surface area contributed by atoms with E-state index in [9.17, 15) is 22.4 Å². The first-order chi connectivity index (χ1) is 21.6. The van der Waals surface area contributed by atoms with Gasteiger partial charge < -0.3 is 29.4 Å². The molecule has 0 spiro atoms. The van der Waals surface area contributed by atoms with Crippen molar-refractivity contribution in [2.75, 3.05) is 32.6 Å². The minimum absolute atomic E-state index is 0.0197. The number of piperidine rings is 1. The first kappa shape index (κ1) is 31.0. The topological polar surface area (TPSA) is 115 Å². The second kappa shape index (κ2) is 12.8. The fraction of sp³-hybridized carbons (Fsp3) is 0.533. The largest absolute Gasteiger partial charge is 0.406 e. The summed E-state index contributed by atoms with van der Waals surface area (Å²) in [7, 11) is 3.52. The summed E-state index contributed by atoms with van der Waals surface area (Å²) in [6.45, 7) is -0.451. The summed E-state index contributed by atoms with van der Waals surface area (Å²) >= 11 is 0. The van der Waals surface area contributed by atoms with Crippen LogP contribution in [0.2, 0.25) is 0 Å². The van der Waals surface area contributed by atoms with E-state index in [-0.39, 0.29) is 42.6 Å². The third-order valence-corrected chi connectivity index (χ3v) is 8.64. The quantitative estimate of drug-likeness (QED) is 0.249. The summed E-state index contributed by atoms with van der Waals surface area (Å²) in [5.74, 6) is -0.456. The van der Waals surface area contributed by atoms with Crippen LogP contribution in [0.15, 0.2) is 41.2 Å². The average Bonchev–Trinajstić information content (AvgIpc) is 3.76. The molecule has 1 amide bonds. The molecule has 242 valence electrons. The highest BCUT2D eigenvalue weighted by Gasteiger charge is 2.33. The fourth-order valence-corrected chi connectivity index (χ4v) is 6.34. The number of alkyl halides is 4. The Labute approximate surface area is 256 Å². The highest BCUT2D eigenvalue weighted by atomic mass is 19.4. The fourth-order valence-electron chi connectivity index (χ4n) is 6.34. The summed E-state index contributed by atoms with van der Waals surface area (Å²) in [6.07, 6.45) is 2.05. The number of hydrogen-bond donors (Lipinski definition) is 2. The second-order valence-electron chi connectivity index (χ2n) is 11.8. The molecule has 6 rings (SSSR count). The summed E-state index contributed by atoms with van der Waals surface area (Å²) in [6, 6.07) is 6.04. The molecule has 1 aliphatic carbocycles. The van der Waals surface area contributed by atoms with Crippen LogP contribution >= 0.6 is 0 Å². The van der Waals surface area contributed by atoms with Gasteiger partial charge >= 0.3 is 6.18 Å². The van der Waals surface area contributed by atoms with Gasteiger partial charge in [0.2, 0.25) is 11.7 Å². The van der Waals surface area contributed by atoms with Gasteiger partial charge in [0.05, 0.1) is 47.7 Å². The predicted molar refractivity (Wildman–Crippen MR) is 157 cm³/mol. The maximum Gasteiger partial charge on any atom is 0.406 e. The Kier molecular flexibility index (Phi) is 8.82. The van der Waals surface area contributed by atoms with E-state index in [2.05, 4.69) is 25.9 Å². The molecule has 2 aliphatic rings. The molecule has 0 unspecified atom stereocenters. The van der Waals surface area contributed by atoms with Crippen molar-refractivity contribution in [3.63, 3.8) is 0 Å². The Hall–Kier alpha value is -3.98. The molecule has 45 heavy (non-hydrogen) atoms. The number of ether oxygens (including phenoxy) is 1. The highest BCUT2D eigenvalue weighted by Crippen LogP contribution is 2.35. The van der Waals surface area contributed by atoms with Gasteiger partial charge in [-0.15, -0.1) is 0 Å². The molecule has 1 aliphatic heterocycles. The smallest absolute Gasteiger partial charge is 0.379 e. The number of fused-ring (bicyclic) bond motifs is 1. The van der Waals surface area contributed by atoms with E-state index in [4.69, 9.17) is 9.26 Å². The Balaban J connectivity index is 1.20. The van der Waals surface area contributed by atoms with E-state index in [1.807, 2.05) is 11.9 Å². The third kappa shape index (κ3) is 6.83. The van der Waals surface area contributed by atoms with Gasteiger partial charge in [0.1, 0.15) is 12.7 Å². The van der Waals surface area contributed by atoms with Crippen LogP contribution in [0.5, 0.6) is 0 Å². The van der Waals surface area contributed by atoms with Crippen molar-refractivity contribution in [1.29, 1.82) is 0 Å². The standard InChI is InChI=1S/C30H36F4N8O3/c1-40-11-10-22(20(31)16-40)37-21-6-5-8-23-19(21)12-25(41(23)17-30(32,33)34)28-38-27(45-39-28)14-35-29(43)18-13-36-42(15-18)24-7-3-4-9-26(24)44-2/h5-6,8,12-13,15,20,22,24,26,37H,3-4,7,9-11,14,16-17H2,1-2H3,(H,35,43)/t20-,22+,24-,26-/m0/s1. The number of halogens is 4. The Morgan fingerprint density at radius 2 is 2.02 bits per heavy atom. The lowest BCUT2D eigenvalue weighted by Crippen LogP contribution is -2.46. The number of likely N-dealkylation sites (tertiary alicyclic amines) is 1. The first-order valence-corrected chi connectivity index (χ1v) is 15.1. The molecule has 4 aromatic rings. The van der Waals surface area contributed by atoms with E-state index in [0.717, 1.165) is 30.3 Å². The molecule has 15 heteroatoms. The van der Waals surface area contributed by atoms with Gasteiger partial charge in [-0.3, -0.25) is 9.48 Å². The van der Waals surface area contributed by atoms with Gasteiger partial charge in [-0.2, -0.15) is 23.3 Å². The molecule has 1 aromatic carbocycles. The number of hydrogen-bond acceptors (Lipinski definition) is 8. The van der Waals surface area contributed by atoms with Crippen LogP contribution in [-0.4, -0.2) is 87.0 Å². The lowest BCUT2D eigenvalue weighted by molar-refractivity contribution is -0.139. The van der Waals surface area contributed by atoms with Crippen LogP contribution in [0.25, 0.3) is 22.4 Å². The van der Waals surface area contributed by atoms with Crippen molar-refractivity contribution >= 4 is 22.5 Å². The SMILES string of the molecule is CO[C@H]1CCCC[C@@H]1n1cc(C(=O)NCc2nc(-c3cc4c(N[C@@H]5CCN(C)C[C@@H]5F)cccc4n3CC(F)(F)F)no2)cn1. The number of carbonyl (C=O) groups is 1. The molecular formula is C30H36F4N8O3. The van der Waals surface area contributed by atoms with Crippen LogP contribution in [0.4, 0.5) is 23.2 Å². The Morgan fingerprint density at radius 1 is 1.20 bits per heavy atom. The van der Waals surface area contributed by atoms with Crippen LogP contribution in [-0.2, 0) is 17.8 Å². The van der Waals surface area contributed by atoms with Crippen molar-refractivity contribution in [2.45, 2.75) is 75.7 Å². The maximum atomic E-state index is 14.8. The third-order valence-electron chi connectivity index (χ3n) is 8.64. The zero-order valence-electron chi connectivity index (χ0n) is 25.1. The number of anilines is 1. The number of nitrogens with one attached hydrogen (secondary N) is 2. The Morgan fingerprint density at radius 3 is 2.80 bits per heavy atom. The summed E-state index contributed by atoms with van der Waals surface area (Å²) < 4.78 is 69.7. The second-order valence-corrected chi connectivity index (χ2v) is 11.8. The molecule has 11 nitrogen and oxygen atoms in total. The number of methoxy groups -OCH3 is 1. The number of nitrogens with zero attached hydrogens (tertiary/aromatic N) is 6. The van der Waals surface area contributed by atoms with Crippen molar-refractivity contribution in [3.8, 4) is 11.5 Å². The molecule has 1 saturated heterocycles. The molecule has 0 bridgehead atoms. The minimum Gasteiger partial charge on any atom is -0.379 e. The Bertz CT molecular complexity index is 1630. The van der Waals surface area contributed by atoms with Crippen molar-refractivity contribution in [1.82, 2.24) is 34.7 Å². The number of benzene rings is 1. The van der Waals surface area contributed by atoms with Crippen molar-refractivity contribution in [3.05, 3.63) is 48.1 Å². The predicted octanol–water partition coefficient (Wildman–Crippen LogP) is 4.96. The number of amides is 1. The van der Waals surface area contributed by atoms with Gasteiger partial charge in [0.25, 0.3) is 5.91 Å². The molecule has 3 aromatic heterocycles. The summed E-state index contributed by atoms with van der Waals surface area (Å²) in [5.41, 5.74) is 1.25. The van der Waals surface area contributed by atoms with Crippen molar-refractivity contribution < 1.29 is 31.6 Å². The minimum atomic E-state index is -4.53. The lowest BCUT2D eigenvalue weighted by Gasteiger charge is -2.33. The van der Waals surface area contributed by atoms with E-state index in [0.29, 0.717) is 35.1 Å². The zero-order chi connectivity index (χ0) is 31.7.